The first kappa shape index (κ1) is 20.1. The van der Waals surface area contributed by atoms with Gasteiger partial charge in [0.2, 0.25) is 0 Å². The van der Waals surface area contributed by atoms with Crippen LogP contribution in [0.3, 0.4) is 0 Å². The maximum Gasteiger partial charge on any atom is 0.385 e. The Balaban J connectivity index is 2.37. The van der Waals surface area contributed by atoms with Gasteiger partial charge in [0, 0.05) is 19.2 Å². The van der Waals surface area contributed by atoms with Crippen molar-refractivity contribution in [1.29, 1.82) is 0 Å². The van der Waals surface area contributed by atoms with Gasteiger partial charge in [0.15, 0.2) is 6.23 Å². The van der Waals surface area contributed by atoms with Crippen molar-refractivity contribution in [3.8, 4) is 0 Å². The molecular weight excluding hydrogens is 370 g/mol. The number of H-pyrrole nitrogens is 1. The van der Waals surface area contributed by atoms with E-state index >= 15 is 0 Å². The molecule has 0 aliphatic carbocycles. The number of aromatic nitrogens is 2. The summed E-state index contributed by atoms with van der Waals surface area (Å²) in [7, 11) is 0. The summed E-state index contributed by atoms with van der Waals surface area (Å²) in [6.45, 7) is -0.975. The van der Waals surface area contributed by atoms with E-state index in [1.54, 1.807) is 0 Å². The van der Waals surface area contributed by atoms with Gasteiger partial charge < -0.3 is 20.3 Å². The number of ether oxygens (including phenoxy) is 1. The molecule has 1 saturated heterocycles. The number of alkyl halides is 4. The van der Waals surface area contributed by atoms with E-state index in [1.807, 2.05) is 4.98 Å². The molecule has 0 spiro atoms. The van der Waals surface area contributed by atoms with Gasteiger partial charge in [-0.25, -0.2) is 4.79 Å². The predicted molar refractivity (Wildman–Crippen MR) is 75.8 cm³/mol. The second-order valence-electron chi connectivity index (χ2n) is 5.72. The lowest BCUT2D eigenvalue weighted by atomic mass is 10.1. The molecular formula is C13H15F4N3O6. The molecule has 1 aromatic heterocycles. The van der Waals surface area contributed by atoms with Gasteiger partial charge in [0.25, 0.3) is 11.5 Å². The summed E-state index contributed by atoms with van der Waals surface area (Å²) in [4.78, 5) is 36.4. The van der Waals surface area contributed by atoms with Gasteiger partial charge in [-0.2, -0.15) is 17.6 Å². The van der Waals surface area contributed by atoms with Crippen LogP contribution in [0.25, 0.3) is 0 Å². The second-order valence-corrected chi connectivity index (χ2v) is 5.72. The fourth-order valence-electron chi connectivity index (χ4n) is 2.36. The highest BCUT2D eigenvalue weighted by atomic mass is 19.3. The van der Waals surface area contributed by atoms with Gasteiger partial charge in [-0.1, -0.05) is 0 Å². The first-order valence-corrected chi connectivity index (χ1v) is 7.22. The Labute approximate surface area is 142 Å². The minimum atomic E-state index is -5.11. The van der Waals surface area contributed by atoms with Crippen molar-refractivity contribution in [1.82, 2.24) is 14.9 Å². The molecule has 9 nitrogen and oxygen atoms in total. The number of nitrogens with zero attached hydrogens (tertiary/aromatic N) is 1. The molecule has 4 atom stereocenters. The van der Waals surface area contributed by atoms with Crippen LogP contribution < -0.4 is 16.6 Å². The standard InChI is InChI=1S/C13H15F4N3O6/c1-12(14,15)13(16,17)10(24)19-7-8(23)5(4-21)26-9(7)20-3-2-6(22)18-11(20)25/h2-3,5,7-9,21,23H,4H2,1H3,(H,19,24)(H,18,22,25)/t5-,7?,8+,9-/m1/s1. The van der Waals surface area contributed by atoms with Gasteiger partial charge in [0.1, 0.15) is 18.2 Å². The average Bonchev–Trinajstić information content (AvgIpc) is 2.82. The van der Waals surface area contributed by atoms with Crippen LogP contribution in [0.1, 0.15) is 13.2 Å². The number of carbonyl (C=O) groups is 1. The molecule has 146 valence electrons. The summed E-state index contributed by atoms with van der Waals surface area (Å²) < 4.78 is 58.7. The summed E-state index contributed by atoms with van der Waals surface area (Å²) in [5.74, 6) is -12.2. The Morgan fingerprint density at radius 3 is 2.50 bits per heavy atom. The second kappa shape index (κ2) is 6.81. The summed E-state index contributed by atoms with van der Waals surface area (Å²) in [6.07, 6.45) is -3.95. The van der Waals surface area contributed by atoms with E-state index in [1.165, 1.54) is 5.32 Å². The van der Waals surface area contributed by atoms with E-state index in [4.69, 9.17) is 9.84 Å². The Bertz CT molecular complexity index is 789. The Hall–Kier alpha value is -2.25. The van der Waals surface area contributed by atoms with Crippen LogP contribution in [-0.2, 0) is 9.53 Å². The number of carbonyl (C=O) groups excluding carboxylic acids is 1. The highest BCUT2D eigenvalue weighted by molar-refractivity contribution is 5.84. The zero-order valence-electron chi connectivity index (χ0n) is 13.2. The maximum atomic E-state index is 13.5. The number of halogens is 4. The minimum Gasteiger partial charge on any atom is -0.394 e. The van der Waals surface area contributed by atoms with Crippen molar-refractivity contribution in [2.45, 2.75) is 43.2 Å². The molecule has 2 rings (SSSR count). The summed E-state index contributed by atoms with van der Waals surface area (Å²) in [6, 6.07) is -0.909. The van der Waals surface area contributed by atoms with Gasteiger partial charge in [-0.15, -0.1) is 0 Å². The van der Waals surface area contributed by atoms with E-state index in [0.29, 0.717) is 4.57 Å². The van der Waals surface area contributed by atoms with Crippen molar-refractivity contribution in [3.63, 3.8) is 0 Å². The number of aliphatic hydroxyl groups excluding tert-OH is 2. The summed E-state index contributed by atoms with van der Waals surface area (Å²) >= 11 is 0. The fraction of sp³-hybridized carbons (Fsp3) is 0.615. The lowest BCUT2D eigenvalue weighted by molar-refractivity contribution is -0.203. The van der Waals surface area contributed by atoms with Crippen LogP contribution in [0.15, 0.2) is 21.9 Å². The molecule has 0 bridgehead atoms. The predicted octanol–water partition coefficient (Wildman–Crippen LogP) is -1.44. The molecule has 0 saturated carbocycles. The van der Waals surface area contributed by atoms with Crippen molar-refractivity contribution in [2.75, 3.05) is 6.61 Å². The quantitative estimate of drug-likeness (QED) is 0.459. The molecule has 1 aliphatic heterocycles. The SMILES string of the molecule is CC(F)(F)C(F)(F)C(=O)NC1[C@@H](O)[C@@H](CO)O[C@H]1n1ccc(=O)[nH]c1=O. The molecule has 4 N–H and O–H groups in total. The summed E-state index contributed by atoms with van der Waals surface area (Å²) in [5.41, 5.74) is -1.86. The Morgan fingerprint density at radius 1 is 1.38 bits per heavy atom. The smallest absolute Gasteiger partial charge is 0.385 e. The monoisotopic (exact) mass is 385 g/mol. The first-order valence-electron chi connectivity index (χ1n) is 7.22. The summed E-state index contributed by atoms with van der Waals surface area (Å²) in [5, 5.41) is 20.7. The molecule has 26 heavy (non-hydrogen) atoms. The highest BCUT2D eigenvalue weighted by Crippen LogP contribution is 2.35. The van der Waals surface area contributed by atoms with Gasteiger partial charge >= 0.3 is 17.5 Å². The number of aliphatic hydroxyl groups is 2. The number of hydrogen-bond acceptors (Lipinski definition) is 6. The number of aromatic amines is 1. The third-order valence-electron chi connectivity index (χ3n) is 3.81. The fourth-order valence-corrected chi connectivity index (χ4v) is 2.36. The number of amides is 1. The van der Waals surface area contributed by atoms with Crippen molar-refractivity contribution >= 4 is 5.91 Å². The largest absolute Gasteiger partial charge is 0.394 e. The molecule has 1 amide bonds. The lowest BCUT2D eigenvalue weighted by Gasteiger charge is -2.27. The third kappa shape index (κ3) is 3.50. The molecule has 1 aromatic rings. The Kier molecular flexibility index (Phi) is 5.26. The molecule has 1 fully saturated rings. The van der Waals surface area contributed by atoms with Crippen LogP contribution in [0, 0.1) is 0 Å². The van der Waals surface area contributed by atoms with Crippen LogP contribution >= 0.6 is 0 Å². The van der Waals surface area contributed by atoms with Crippen LogP contribution in [0.4, 0.5) is 17.6 Å². The molecule has 1 aliphatic rings. The molecule has 13 heteroatoms. The third-order valence-corrected chi connectivity index (χ3v) is 3.81. The van der Waals surface area contributed by atoms with Crippen LogP contribution in [-0.4, -0.2) is 62.4 Å². The topological polar surface area (TPSA) is 134 Å². The van der Waals surface area contributed by atoms with Crippen LogP contribution in [0.5, 0.6) is 0 Å². The first-order chi connectivity index (χ1) is 11.9. The van der Waals surface area contributed by atoms with Crippen molar-refractivity contribution in [3.05, 3.63) is 33.1 Å². The molecule has 1 unspecified atom stereocenters. The minimum absolute atomic E-state index is 0.158. The highest BCUT2D eigenvalue weighted by Gasteiger charge is 2.60. The number of rotatable bonds is 5. The van der Waals surface area contributed by atoms with E-state index in [9.17, 15) is 37.1 Å². The zero-order valence-corrected chi connectivity index (χ0v) is 13.2. The van der Waals surface area contributed by atoms with E-state index in [0.717, 1.165) is 12.3 Å². The zero-order chi connectivity index (χ0) is 19.9. The van der Waals surface area contributed by atoms with E-state index < -0.39 is 60.1 Å². The normalized spacial score (nSPS) is 26.7. The van der Waals surface area contributed by atoms with Gasteiger partial charge in [0.05, 0.1) is 6.61 Å². The lowest BCUT2D eigenvalue weighted by Crippen LogP contribution is -2.57. The van der Waals surface area contributed by atoms with Gasteiger partial charge in [-0.3, -0.25) is 19.1 Å². The number of nitrogens with one attached hydrogen (secondary N) is 2. The van der Waals surface area contributed by atoms with Gasteiger partial charge in [-0.05, 0) is 0 Å². The molecule has 2 heterocycles. The molecule has 0 radical (unpaired) electrons. The number of hydrogen-bond donors (Lipinski definition) is 4. The Morgan fingerprint density at radius 2 is 2.00 bits per heavy atom. The van der Waals surface area contributed by atoms with E-state index in [2.05, 4.69) is 0 Å². The van der Waals surface area contributed by atoms with Crippen molar-refractivity contribution < 1.29 is 37.3 Å². The molecule has 0 aromatic carbocycles. The average molecular weight is 385 g/mol. The van der Waals surface area contributed by atoms with Crippen LogP contribution in [0.2, 0.25) is 0 Å². The van der Waals surface area contributed by atoms with E-state index in [-0.39, 0.29) is 6.92 Å². The maximum absolute atomic E-state index is 13.5. The van der Waals surface area contributed by atoms with Crippen molar-refractivity contribution in [2.24, 2.45) is 0 Å².